The number of aromatic nitrogens is 2. The maximum atomic E-state index is 11.8. The standard InChI is InChI=1S/C15H14BrN3O/c1-10-14(16)11(2)18-15(17-10)19-13(20)9-8-12-6-4-3-5-7-12/h3-9H,1-2H3,(H,17,18,19,20)/b9-8+. The number of nitrogens with one attached hydrogen (secondary N) is 1. The van der Waals surface area contributed by atoms with Gasteiger partial charge in [0.1, 0.15) is 0 Å². The van der Waals surface area contributed by atoms with Crippen LogP contribution in [-0.4, -0.2) is 15.9 Å². The van der Waals surface area contributed by atoms with E-state index in [0.29, 0.717) is 5.95 Å². The van der Waals surface area contributed by atoms with Crippen LogP contribution in [0, 0.1) is 13.8 Å². The summed E-state index contributed by atoms with van der Waals surface area (Å²) in [6, 6.07) is 9.62. The Kier molecular flexibility index (Phi) is 4.63. The van der Waals surface area contributed by atoms with Gasteiger partial charge in [0.05, 0.1) is 15.9 Å². The first kappa shape index (κ1) is 14.4. The van der Waals surface area contributed by atoms with Crippen LogP contribution in [0.4, 0.5) is 5.95 Å². The molecule has 1 amide bonds. The Morgan fingerprint density at radius 3 is 2.35 bits per heavy atom. The molecule has 5 heteroatoms. The van der Waals surface area contributed by atoms with Gasteiger partial charge in [0.2, 0.25) is 5.95 Å². The van der Waals surface area contributed by atoms with E-state index < -0.39 is 0 Å². The fraction of sp³-hybridized carbons (Fsp3) is 0.133. The lowest BCUT2D eigenvalue weighted by Crippen LogP contribution is -2.12. The molecule has 1 aromatic carbocycles. The van der Waals surface area contributed by atoms with E-state index in [-0.39, 0.29) is 5.91 Å². The first-order chi connectivity index (χ1) is 9.56. The number of benzene rings is 1. The van der Waals surface area contributed by atoms with E-state index in [9.17, 15) is 4.79 Å². The summed E-state index contributed by atoms with van der Waals surface area (Å²) in [7, 11) is 0. The molecule has 0 saturated carbocycles. The number of aryl methyl sites for hydroxylation is 2. The number of hydrogen-bond acceptors (Lipinski definition) is 3. The molecule has 0 aliphatic carbocycles. The van der Waals surface area contributed by atoms with E-state index in [4.69, 9.17) is 0 Å². The Morgan fingerprint density at radius 2 is 1.75 bits per heavy atom. The zero-order chi connectivity index (χ0) is 14.5. The Morgan fingerprint density at radius 1 is 1.15 bits per heavy atom. The third-order valence-electron chi connectivity index (χ3n) is 2.64. The van der Waals surface area contributed by atoms with Crippen LogP contribution in [0.15, 0.2) is 40.9 Å². The van der Waals surface area contributed by atoms with Gasteiger partial charge in [0.25, 0.3) is 5.91 Å². The molecule has 0 aliphatic rings. The van der Waals surface area contributed by atoms with Gasteiger partial charge in [-0.2, -0.15) is 0 Å². The van der Waals surface area contributed by atoms with Gasteiger partial charge in [-0.3, -0.25) is 10.1 Å². The minimum atomic E-state index is -0.255. The minimum Gasteiger partial charge on any atom is -0.291 e. The molecule has 0 saturated heterocycles. The van der Waals surface area contributed by atoms with Crippen molar-refractivity contribution in [3.63, 3.8) is 0 Å². The first-order valence-corrected chi connectivity index (χ1v) is 6.90. The summed E-state index contributed by atoms with van der Waals surface area (Å²) in [5.74, 6) is 0.0564. The van der Waals surface area contributed by atoms with Crippen molar-refractivity contribution in [3.05, 3.63) is 57.8 Å². The number of anilines is 1. The summed E-state index contributed by atoms with van der Waals surface area (Å²) in [6.07, 6.45) is 3.21. The monoisotopic (exact) mass is 331 g/mol. The van der Waals surface area contributed by atoms with Crippen LogP contribution in [0.2, 0.25) is 0 Å². The number of halogens is 1. The first-order valence-electron chi connectivity index (χ1n) is 6.11. The number of rotatable bonds is 3. The predicted octanol–water partition coefficient (Wildman–Crippen LogP) is 3.51. The number of carbonyl (C=O) groups is 1. The highest BCUT2D eigenvalue weighted by molar-refractivity contribution is 9.10. The SMILES string of the molecule is Cc1nc(NC(=O)/C=C/c2ccccc2)nc(C)c1Br. The molecule has 0 spiro atoms. The summed E-state index contributed by atoms with van der Waals surface area (Å²) >= 11 is 3.39. The molecular formula is C15H14BrN3O. The second-order valence-electron chi connectivity index (χ2n) is 4.27. The van der Waals surface area contributed by atoms with E-state index in [2.05, 4.69) is 31.2 Å². The molecule has 2 aromatic rings. The van der Waals surface area contributed by atoms with Crippen LogP contribution in [0.3, 0.4) is 0 Å². The lowest BCUT2D eigenvalue weighted by Gasteiger charge is -2.05. The van der Waals surface area contributed by atoms with Crippen molar-refractivity contribution in [2.24, 2.45) is 0 Å². The normalized spacial score (nSPS) is 10.8. The van der Waals surface area contributed by atoms with Gasteiger partial charge in [0.15, 0.2) is 0 Å². The lowest BCUT2D eigenvalue weighted by molar-refractivity contribution is -0.111. The number of carbonyl (C=O) groups excluding carboxylic acids is 1. The average Bonchev–Trinajstić information content (AvgIpc) is 2.43. The van der Waals surface area contributed by atoms with Crippen molar-refractivity contribution in [1.29, 1.82) is 0 Å². The molecule has 4 nitrogen and oxygen atoms in total. The second kappa shape index (κ2) is 6.43. The minimum absolute atomic E-state index is 0.255. The Balaban J connectivity index is 2.07. The summed E-state index contributed by atoms with van der Waals surface area (Å²) in [6.45, 7) is 3.71. The van der Waals surface area contributed by atoms with Crippen molar-refractivity contribution in [3.8, 4) is 0 Å². The molecule has 0 atom stereocenters. The van der Waals surface area contributed by atoms with Crippen LogP contribution in [0.5, 0.6) is 0 Å². The largest absolute Gasteiger partial charge is 0.291 e. The molecule has 2 rings (SSSR count). The number of amides is 1. The van der Waals surface area contributed by atoms with Crippen molar-refractivity contribution in [2.75, 3.05) is 5.32 Å². The Labute approximate surface area is 126 Å². The van der Waals surface area contributed by atoms with Gasteiger partial charge in [-0.1, -0.05) is 30.3 Å². The maximum Gasteiger partial charge on any atom is 0.250 e. The number of hydrogen-bond donors (Lipinski definition) is 1. The summed E-state index contributed by atoms with van der Waals surface area (Å²) in [5.41, 5.74) is 2.55. The predicted molar refractivity (Wildman–Crippen MR) is 83.3 cm³/mol. The van der Waals surface area contributed by atoms with Crippen molar-refractivity contribution in [2.45, 2.75) is 13.8 Å². The third-order valence-corrected chi connectivity index (χ3v) is 3.79. The topological polar surface area (TPSA) is 54.9 Å². The van der Waals surface area contributed by atoms with E-state index >= 15 is 0 Å². The summed E-state index contributed by atoms with van der Waals surface area (Å²) < 4.78 is 0.857. The Hall–Kier alpha value is -2.01. The third kappa shape index (κ3) is 3.74. The van der Waals surface area contributed by atoms with Crippen LogP contribution < -0.4 is 5.32 Å². The molecule has 0 radical (unpaired) electrons. The highest BCUT2D eigenvalue weighted by Gasteiger charge is 2.07. The molecular weight excluding hydrogens is 318 g/mol. The summed E-state index contributed by atoms with van der Waals surface area (Å²) in [5, 5.41) is 2.65. The van der Waals surface area contributed by atoms with Crippen molar-refractivity contribution >= 4 is 33.9 Å². The van der Waals surface area contributed by atoms with Gasteiger partial charge < -0.3 is 0 Å². The zero-order valence-electron chi connectivity index (χ0n) is 11.2. The molecule has 1 aromatic heterocycles. The average molecular weight is 332 g/mol. The Bertz CT molecular complexity index is 630. The fourth-order valence-corrected chi connectivity index (χ4v) is 1.82. The van der Waals surface area contributed by atoms with E-state index in [0.717, 1.165) is 21.4 Å². The van der Waals surface area contributed by atoms with Gasteiger partial charge in [-0.05, 0) is 41.4 Å². The maximum absolute atomic E-state index is 11.8. The second-order valence-corrected chi connectivity index (χ2v) is 5.06. The van der Waals surface area contributed by atoms with Crippen LogP contribution in [0.25, 0.3) is 6.08 Å². The molecule has 0 bridgehead atoms. The van der Waals surface area contributed by atoms with E-state index in [1.807, 2.05) is 44.2 Å². The quantitative estimate of drug-likeness (QED) is 0.875. The number of nitrogens with zero attached hydrogens (tertiary/aromatic N) is 2. The molecule has 1 heterocycles. The highest BCUT2D eigenvalue weighted by Crippen LogP contribution is 2.18. The molecule has 1 N–H and O–H groups in total. The van der Waals surface area contributed by atoms with E-state index in [1.165, 1.54) is 6.08 Å². The molecule has 0 aliphatic heterocycles. The van der Waals surface area contributed by atoms with Crippen LogP contribution in [0.1, 0.15) is 17.0 Å². The smallest absolute Gasteiger partial charge is 0.250 e. The lowest BCUT2D eigenvalue weighted by atomic mass is 10.2. The summed E-state index contributed by atoms with van der Waals surface area (Å²) in [4.78, 5) is 20.2. The van der Waals surface area contributed by atoms with Gasteiger partial charge in [-0.25, -0.2) is 9.97 Å². The van der Waals surface area contributed by atoms with Crippen molar-refractivity contribution < 1.29 is 4.79 Å². The van der Waals surface area contributed by atoms with Crippen molar-refractivity contribution in [1.82, 2.24) is 9.97 Å². The van der Waals surface area contributed by atoms with Gasteiger partial charge in [-0.15, -0.1) is 0 Å². The van der Waals surface area contributed by atoms with Gasteiger partial charge >= 0.3 is 0 Å². The molecule has 0 fully saturated rings. The zero-order valence-corrected chi connectivity index (χ0v) is 12.8. The van der Waals surface area contributed by atoms with E-state index in [1.54, 1.807) is 6.08 Å². The molecule has 20 heavy (non-hydrogen) atoms. The van der Waals surface area contributed by atoms with Gasteiger partial charge in [0, 0.05) is 6.08 Å². The molecule has 102 valence electrons. The van der Waals surface area contributed by atoms with Crippen LogP contribution in [-0.2, 0) is 4.79 Å². The van der Waals surface area contributed by atoms with Crippen LogP contribution >= 0.6 is 15.9 Å². The molecule has 0 unspecified atom stereocenters. The highest BCUT2D eigenvalue weighted by atomic mass is 79.9. The fourth-order valence-electron chi connectivity index (χ4n) is 1.65.